The van der Waals surface area contributed by atoms with Gasteiger partial charge in [0.05, 0.1) is 11.7 Å². The van der Waals surface area contributed by atoms with E-state index < -0.39 is 0 Å². The molecule has 0 saturated heterocycles. The Morgan fingerprint density at radius 2 is 2.13 bits per heavy atom. The lowest BCUT2D eigenvalue weighted by Crippen LogP contribution is -2.30. The van der Waals surface area contributed by atoms with Crippen LogP contribution in [-0.2, 0) is 10.3 Å². The minimum atomic E-state index is -0.266. The van der Waals surface area contributed by atoms with E-state index in [1.807, 2.05) is 20.8 Å². The number of anilines is 1. The van der Waals surface area contributed by atoms with Crippen LogP contribution in [-0.4, -0.2) is 38.7 Å². The highest BCUT2D eigenvalue weighted by Crippen LogP contribution is 2.28. The van der Waals surface area contributed by atoms with Gasteiger partial charge in [0.1, 0.15) is 5.39 Å². The molecule has 1 fully saturated rings. The van der Waals surface area contributed by atoms with Gasteiger partial charge in [-0.1, -0.05) is 0 Å². The van der Waals surface area contributed by atoms with Crippen LogP contribution in [0.15, 0.2) is 11.0 Å². The van der Waals surface area contributed by atoms with Gasteiger partial charge in [-0.2, -0.15) is 10.1 Å². The van der Waals surface area contributed by atoms with Crippen LogP contribution < -0.4 is 16.2 Å². The summed E-state index contributed by atoms with van der Waals surface area (Å²) in [6.45, 7) is 7.00. The number of nitrogens with zero attached hydrogens (tertiary/aromatic N) is 3. The van der Waals surface area contributed by atoms with E-state index in [-0.39, 0.29) is 22.9 Å². The number of amides is 1. The van der Waals surface area contributed by atoms with Crippen LogP contribution in [0.5, 0.6) is 0 Å². The fourth-order valence-electron chi connectivity index (χ4n) is 2.35. The molecule has 1 saturated carbocycles. The van der Waals surface area contributed by atoms with E-state index in [9.17, 15) is 9.59 Å². The first-order chi connectivity index (χ1) is 10.9. The molecule has 23 heavy (non-hydrogen) atoms. The average molecular weight is 318 g/mol. The Morgan fingerprint density at radius 1 is 1.39 bits per heavy atom. The van der Waals surface area contributed by atoms with Crippen molar-refractivity contribution < 1.29 is 4.79 Å². The molecule has 0 bridgehead atoms. The minimum absolute atomic E-state index is 0.106. The molecule has 1 aliphatic rings. The van der Waals surface area contributed by atoms with Crippen molar-refractivity contribution in [3.05, 3.63) is 16.6 Å². The standard InChI is InChI=1S/C15H22N6O2/c1-15(2,3)21-11-10(8-18-21)13(23)20-14(19-11)17-7-6-16-12(22)9-4-5-9/h8-9H,4-7H2,1-3H3,(H,16,22)(H2,17,19,20,23). The number of carbonyl (C=O) groups is 1. The number of aromatic amines is 1. The van der Waals surface area contributed by atoms with Gasteiger partial charge in [0.15, 0.2) is 5.65 Å². The van der Waals surface area contributed by atoms with Crippen LogP contribution in [0.1, 0.15) is 33.6 Å². The van der Waals surface area contributed by atoms with Gasteiger partial charge < -0.3 is 10.6 Å². The second-order valence-electron chi connectivity index (χ2n) is 6.87. The first-order valence-corrected chi connectivity index (χ1v) is 7.86. The molecule has 0 unspecified atom stereocenters. The van der Waals surface area contributed by atoms with E-state index in [1.54, 1.807) is 4.68 Å². The number of fused-ring (bicyclic) bond motifs is 1. The molecule has 2 aromatic heterocycles. The van der Waals surface area contributed by atoms with Crippen molar-refractivity contribution in [1.29, 1.82) is 0 Å². The second kappa shape index (κ2) is 5.68. The van der Waals surface area contributed by atoms with Crippen LogP contribution in [0.25, 0.3) is 11.0 Å². The SMILES string of the molecule is CC(C)(C)n1ncc2c(=O)[nH]c(NCCNC(=O)C3CC3)nc21. The van der Waals surface area contributed by atoms with Crippen molar-refractivity contribution in [3.63, 3.8) is 0 Å². The quantitative estimate of drug-likeness (QED) is 0.708. The molecule has 2 aromatic rings. The number of hydrogen-bond donors (Lipinski definition) is 3. The molecule has 3 N–H and O–H groups in total. The third kappa shape index (κ3) is 3.35. The number of carbonyl (C=O) groups excluding carboxylic acids is 1. The van der Waals surface area contributed by atoms with Gasteiger partial charge >= 0.3 is 0 Å². The van der Waals surface area contributed by atoms with Crippen molar-refractivity contribution in [3.8, 4) is 0 Å². The maximum Gasteiger partial charge on any atom is 0.263 e. The van der Waals surface area contributed by atoms with Crippen molar-refractivity contribution in [2.75, 3.05) is 18.4 Å². The summed E-state index contributed by atoms with van der Waals surface area (Å²) >= 11 is 0. The lowest BCUT2D eigenvalue weighted by Gasteiger charge is -2.19. The first kappa shape index (κ1) is 15.5. The molecule has 0 atom stereocenters. The Labute approximate surface area is 133 Å². The molecule has 3 rings (SSSR count). The number of H-pyrrole nitrogens is 1. The van der Waals surface area contributed by atoms with Crippen molar-refractivity contribution >= 4 is 22.9 Å². The fraction of sp³-hybridized carbons (Fsp3) is 0.600. The lowest BCUT2D eigenvalue weighted by atomic mass is 10.1. The molecule has 8 heteroatoms. The van der Waals surface area contributed by atoms with Crippen molar-refractivity contribution in [1.82, 2.24) is 25.1 Å². The predicted octanol–water partition coefficient (Wildman–Crippen LogP) is 0.813. The summed E-state index contributed by atoms with van der Waals surface area (Å²) in [7, 11) is 0. The highest BCUT2D eigenvalue weighted by molar-refractivity contribution is 5.80. The third-order valence-corrected chi connectivity index (χ3v) is 3.74. The number of hydrogen-bond acceptors (Lipinski definition) is 5. The van der Waals surface area contributed by atoms with E-state index in [1.165, 1.54) is 6.20 Å². The van der Waals surface area contributed by atoms with Gasteiger partial charge in [0.25, 0.3) is 5.56 Å². The first-order valence-electron chi connectivity index (χ1n) is 7.86. The zero-order valence-corrected chi connectivity index (χ0v) is 13.6. The summed E-state index contributed by atoms with van der Waals surface area (Å²) in [5.74, 6) is 0.689. The topological polar surface area (TPSA) is 105 Å². The third-order valence-electron chi connectivity index (χ3n) is 3.74. The largest absolute Gasteiger partial charge is 0.354 e. The number of nitrogens with one attached hydrogen (secondary N) is 3. The van der Waals surface area contributed by atoms with E-state index in [0.717, 1.165) is 12.8 Å². The van der Waals surface area contributed by atoms with Gasteiger partial charge in [-0.15, -0.1) is 0 Å². The molecule has 0 spiro atoms. The van der Waals surface area contributed by atoms with Crippen molar-refractivity contribution in [2.24, 2.45) is 5.92 Å². The van der Waals surface area contributed by atoms with E-state index >= 15 is 0 Å². The summed E-state index contributed by atoms with van der Waals surface area (Å²) in [4.78, 5) is 30.8. The van der Waals surface area contributed by atoms with Crippen LogP contribution in [0.4, 0.5) is 5.95 Å². The van der Waals surface area contributed by atoms with Crippen LogP contribution in [0.3, 0.4) is 0 Å². The van der Waals surface area contributed by atoms with Crippen molar-refractivity contribution in [2.45, 2.75) is 39.2 Å². The van der Waals surface area contributed by atoms with Crippen LogP contribution in [0.2, 0.25) is 0 Å². The Bertz CT molecular complexity index is 781. The summed E-state index contributed by atoms with van der Waals surface area (Å²) in [5.41, 5.74) is 0.0543. The number of aromatic nitrogens is 4. The molecule has 0 aromatic carbocycles. The maximum absolute atomic E-state index is 12.1. The fourth-order valence-corrected chi connectivity index (χ4v) is 2.35. The molecule has 8 nitrogen and oxygen atoms in total. The number of rotatable bonds is 5. The summed E-state index contributed by atoms with van der Waals surface area (Å²) < 4.78 is 1.73. The highest BCUT2D eigenvalue weighted by Gasteiger charge is 2.29. The van der Waals surface area contributed by atoms with E-state index in [0.29, 0.717) is 30.1 Å². The van der Waals surface area contributed by atoms with Crippen LogP contribution >= 0.6 is 0 Å². The molecule has 1 aliphatic carbocycles. The Kier molecular flexibility index (Phi) is 3.83. The van der Waals surface area contributed by atoms with Gasteiger partial charge in [0.2, 0.25) is 11.9 Å². The highest BCUT2D eigenvalue weighted by atomic mass is 16.2. The molecular weight excluding hydrogens is 296 g/mol. The van der Waals surface area contributed by atoms with Crippen LogP contribution in [0, 0.1) is 5.92 Å². The lowest BCUT2D eigenvalue weighted by molar-refractivity contribution is -0.122. The maximum atomic E-state index is 12.1. The molecule has 2 heterocycles. The second-order valence-corrected chi connectivity index (χ2v) is 6.87. The monoisotopic (exact) mass is 318 g/mol. The zero-order valence-electron chi connectivity index (χ0n) is 13.6. The molecule has 1 amide bonds. The van der Waals surface area contributed by atoms with Gasteiger partial charge in [-0.3, -0.25) is 14.6 Å². The Hall–Kier alpha value is -2.38. The summed E-state index contributed by atoms with van der Waals surface area (Å²) in [5, 5.41) is 10.6. The summed E-state index contributed by atoms with van der Waals surface area (Å²) in [6.07, 6.45) is 3.51. The Morgan fingerprint density at radius 3 is 2.78 bits per heavy atom. The van der Waals surface area contributed by atoms with Gasteiger partial charge in [-0.25, -0.2) is 4.68 Å². The molecule has 0 aliphatic heterocycles. The van der Waals surface area contributed by atoms with E-state index in [4.69, 9.17) is 0 Å². The molecular formula is C15H22N6O2. The predicted molar refractivity (Wildman–Crippen MR) is 87.4 cm³/mol. The minimum Gasteiger partial charge on any atom is -0.354 e. The average Bonchev–Trinajstić information content (AvgIpc) is 3.21. The summed E-state index contributed by atoms with van der Waals surface area (Å²) in [6, 6.07) is 0. The normalized spacial score (nSPS) is 14.9. The van der Waals surface area contributed by atoms with Gasteiger partial charge in [-0.05, 0) is 33.6 Å². The smallest absolute Gasteiger partial charge is 0.263 e. The van der Waals surface area contributed by atoms with E-state index in [2.05, 4.69) is 25.7 Å². The molecule has 124 valence electrons. The zero-order chi connectivity index (χ0) is 16.6. The molecule has 0 radical (unpaired) electrons. The van der Waals surface area contributed by atoms with Gasteiger partial charge in [0, 0.05) is 19.0 Å². The Balaban J connectivity index is 1.71.